The maximum atomic E-state index is 4.70. The van der Waals surface area contributed by atoms with E-state index >= 15 is 0 Å². The van der Waals surface area contributed by atoms with E-state index in [0.29, 0.717) is 0 Å². The fourth-order valence-corrected chi connectivity index (χ4v) is 11.2. The second-order valence-electron chi connectivity index (χ2n) is 19.7. The van der Waals surface area contributed by atoms with Crippen molar-refractivity contribution in [1.29, 1.82) is 0 Å². The molecule has 0 radical (unpaired) electrons. The number of aromatic nitrogens is 6. The average Bonchev–Trinajstić information content (AvgIpc) is 4.12. The molecule has 360 valence electrons. The van der Waals surface area contributed by atoms with Gasteiger partial charge in [-0.3, -0.25) is 0 Å². The average molecular weight is 1310 g/mol. The van der Waals surface area contributed by atoms with Gasteiger partial charge in [-0.2, -0.15) is 0 Å². The van der Waals surface area contributed by atoms with Crippen molar-refractivity contribution < 1.29 is 42.1 Å². The number of hydrogen-bond donors (Lipinski definition) is 0. The van der Waals surface area contributed by atoms with E-state index in [1.165, 1.54) is 76.8 Å². The second-order valence-corrected chi connectivity index (χ2v) is 19.7. The van der Waals surface area contributed by atoms with E-state index in [-0.39, 0.29) is 53.0 Å². The van der Waals surface area contributed by atoms with Gasteiger partial charge in [0.2, 0.25) is 0 Å². The third-order valence-electron chi connectivity index (χ3n) is 14.8. The summed E-state index contributed by atoms with van der Waals surface area (Å²) < 4.78 is 0. The molecule has 0 unspecified atom stereocenters. The monoisotopic (exact) mass is 1310 g/mol. The normalized spacial score (nSPS) is 13.1. The van der Waals surface area contributed by atoms with Gasteiger partial charge in [0.25, 0.3) is 0 Å². The largest absolute Gasteiger partial charge is 2.00 e. The van der Waals surface area contributed by atoms with Gasteiger partial charge < -0.3 is 29.9 Å². The number of fused-ring (bicyclic) bond motifs is 18. The van der Waals surface area contributed by atoms with Crippen molar-refractivity contribution in [3.8, 4) is 22.3 Å². The van der Waals surface area contributed by atoms with Crippen molar-refractivity contribution >= 4 is 87.2 Å². The summed E-state index contributed by atoms with van der Waals surface area (Å²) in [5.74, 6) is 0. The maximum Gasteiger partial charge on any atom is 2.00 e. The van der Waals surface area contributed by atoms with Gasteiger partial charge in [0, 0.05) is 23.2 Å². The Hall–Kier alpha value is -7.62. The van der Waals surface area contributed by atoms with Crippen LogP contribution in [0.1, 0.15) is 49.9 Å². The van der Waals surface area contributed by atoms with E-state index in [4.69, 9.17) is 9.97 Å². The Morgan fingerprint density at radius 3 is 1.20 bits per heavy atom. The molecule has 14 aromatic rings. The van der Waals surface area contributed by atoms with E-state index in [1.54, 1.807) is 12.4 Å². The van der Waals surface area contributed by atoms with Crippen molar-refractivity contribution in [3.05, 3.63) is 241 Å². The summed E-state index contributed by atoms with van der Waals surface area (Å²) in [6.45, 7) is 9.22. The zero-order chi connectivity index (χ0) is 48.6. The molecule has 74 heavy (non-hydrogen) atoms. The Balaban J connectivity index is 0.000000107. The third-order valence-corrected chi connectivity index (χ3v) is 14.8. The summed E-state index contributed by atoms with van der Waals surface area (Å²) in [6, 6.07) is 69.6. The maximum absolute atomic E-state index is 4.70. The number of rotatable bonds is 0. The predicted octanol–water partition coefficient (Wildman–Crippen LogP) is 15.7. The number of nitrogens with zero attached hydrogens (tertiary/aromatic N) is 6. The Labute approximate surface area is 457 Å². The first kappa shape index (κ1) is 48.6. The number of benzene rings is 8. The standard InChI is InChI=1S/2C20H15N2.2C13H8N.2Pt/c2*1-20(2)16-8-4-3-6-12(16)14-11-18-15(10-17(14)20)13-7-5-9-21-19(13)22-18;2*1-2-6-12-10(4-1)7-8-11-5-3-9-14-13(11)12;;/h2*3-11H,1-2H3;2*1-5,7-9H;;/q4*-1;2*+2. The van der Waals surface area contributed by atoms with Crippen LogP contribution in [0.2, 0.25) is 0 Å². The SMILES string of the molecule is CC1(C)c2ccccc2-c2cc3[n-]c4ncccc4c3cc21.CC1(C)c2ccccc2-c2cc3[n-]c4ncccc4c3cc21.[Pt+2].[Pt+2].[c-]1cccc2ccc3cccnc3c12.[c-]1cccc2ccc3cccnc3c12. The molecule has 16 rings (SSSR count). The quantitative estimate of drug-likeness (QED) is 0.111. The summed E-state index contributed by atoms with van der Waals surface area (Å²) in [4.78, 5) is 26.9. The van der Waals surface area contributed by atoms with Crippen LogP contribution in [-0.4, -0.2) is 19.9 Å². The van der Waals surface area contributed by atoms with Crippen molar-refractivity contribution in [2.24, 2.45) is 0 Å². The van der Waals surface area contributed by atoms with Crippen LogP contribution >= 0.6 is 0 Å². The molecule has 0 saturated carbocycles. The van der Waals surface area contributed by atoms with Crippen LogP contribution in [0.3, 0.4) is 0 Å². The molecule has 0 atom stereocenters. The molecule has 8 heteroatoms. The van der Waals surface area contributed by atoms with E-state index in [2.05, 4.69) is 193 Å². The van der Waals surface area contributed by atoms with Gasteiger partial charge in [-0.25, -0.2) is 0 Å². The summed E-state index contributed by atoms with van der Waals surface area (Å²) in [5, 5.41) is 11.6. The van der Waals surface area contributed by atoms with Gasteiger partial charge in [-0.15, -0.1) is 70.1 Å². The van der Waals surface area contributed by atoms with Crippen LogP contribution in [0.25, 0.3) is 109 Å². The first-order chi connectivity index (χ1) is 35.2. The van der Waals surface area contributed by atoms with Gasteiger partial charge in [-0.05, 0) is 123 Å². The van der Waals surface area contributed by atoms with Crippen molar-refractivity contribution in [2.75, 3.05) is 0 Å². The van der Waals surface area contributed by atoms with E-state index < -0.39 is 0 Å². The van der Waals surface area contributed by atoms with Crippen molar-refractivity contribution in [3.63, 3.8) is 0 Å². The molecule has 0 N–H and O–H groups in total. The minimum Gasteiger partial charge on any atom is -0.442 e. The van der Waals surface area contributed by atoms with Gasteiger partial charge in [0.15, 0.2) is 0 Å². The summed E-state index contributed by atoms with van der Waals surface area (Å²) >= 11 is 0. The molecule has 2 aliphatic rings. The summed E-state index contributed by atoms with van der Waals surface area (Å²) in [6.07, 6.45) is 7.26. The fraction of sp³-hybridized carbons (Fsp3) is 0.0909. The Bertz CT molecular complexity index is 4040. The van der Waals surface area contributed by atoms with Crippen LogP contribution in [0, 0.1) is 12.1 Å². The molecule has 8 aromatic carbocycles. The molecular formula is C66H46N6Pt2. The van der Waals surface area contributed by atoms with Crippen LogP contribution in [0.4, 0.5) is 0 Å². The third kappa shape index (κ3) is 8.13. The van der Waals surface area contributed by atoms with Crippen LogP contribution in [0.15, 0.2) is 207 Å². The molecule has 6 heterocycles. The molecule has 0 aliphatic heterocycles. The first-order valence-electron chi connectivity index (χ1n) is 24.4. The van der Waals surface area contributed by atoms with E-state index in [0.717, 1.165) is 54.9 Å². The second kappa shape index (κ2) is 19.3. The van der Waals surface area contributed by atoms with Crippen LogP contribution in [0.5, 0.6) is 0 Å². The molecule has 0 fully saturated rings. The summed E-state index contributed by atoms with van der Waals surface area (Å²) in [5.41, 5.74) is 16.8. The van der Waals surface area contributed by atoms with E-state index in [1.807, 2.05) is 60.9 Å². The van der Waals surface area contributed by atoms with E-state index in [9.17, 15) is 0 Å². The molecule has 6 aromatic heterocycles. The Morgan fingerprint density at radius 2 is 0.743 bits per heavy atom. The van der Waals surface area contributed by atoms with Gasteiger partial charge in [-0.1, -0.05) is 173 Å². The van der Waals surface area contributed by atoms with Crippen molar-refractivity contribution in [2.45, 2.75) is 38.5 Å². The van der Waals surface area contributed by atoms with Crippen molar-refractivity contribution in [1.82, 2.24) is 29.9 Å². The Morgan fingerprint density at radius 1 is 0.351 bits per heavy atom. The molecule has 0 saturated heterocycles. The summed E-state index contributed by atoms with van der Waals surface area (Å²) in [7, 11) is 0. The molecule has 6 nitrogen and oxygen atoms in total. The Kier molecular flexibility index (Phi) is 12.7. The minimum absolute atomic E-state index is 0. The zero-order valence-corrected chi connectivity index (χ0v) is 45.5. The molecule has 2 aliphatic carbocycles. The molecular weight excluding hydrogens is 1270 g/mol. The number of hydrogen-bond acceptors (Lipinski definition) is 4. The molecule has 0 amide bonds. The zero-order valence-electron chi connectivity index (χ0n) is 40.9. The van der Waals surface area contributed by atoms with Gasteiger partial charge in [0.1, 0.15) is 0 Å². The first-order valence-corrected chi connectivity index (χ1v) is 24.4. The van der Waals surface area contributed by atoms with Crippen LogP contribution < -0.4 is 9.97 Å². The molecule has 0 spiro atoms. The minimum atomic E-state index is 0. The fourth-order valence-electron chi connectivity index (χ4n) is 11.2. The smallest absolute Gasteiger partial charge is 0.442 e. The topological polar surface area (TPSA) is 79.8 Å². The van der Waals surface area contributed by atoms with Crippen LogP contribution in [-0.2, 0) is 53.0 Å². The van der Waals surface area contributed by atoms with Gasteiger partial charge >= 0.3 is 42.1 Å². The van der Waals surface area contributed by atoms with Gasteiger partial charge in [0.05, 0.1) is 0 Å². The number of pyridine rings is 4. The predicted molar refractivity (Wildman–Crippen MR) is 296 cm³/mol. The molecule has 0 bridgehead atoms.